The highest BCUT2D eigenvalue weighted by Crippen LogP contribution is 2.22. The predicted octanol–water partition coefficient (Wildman–Crippen LogP) is 3.04. The number of guanidine groups is 1. The molecule has 29 heavy (non-hydrogen) atoms. The van der Waals surface area contributed by atoms with Crippen LogP contribution in [0.5, 0.6) is 0 Å². The van der Waals surface area contributed by atoms with Gasteiger partial charge in [-0.25, -0.2) is 4.98 Å². The number of nitrogens with one attached hydrogen (secondary N) is 2. The minimum Gasteiger partial charge on any atom is -0.459 e. The van der Waals surface area contributed by atoms with Crippen molar-refractivity contribution in [1.82, 2.24) is 20.1 Å². The Kier molecular flexibility index (Phi) is 9.31. The van der Waals surface area contributed by atoms with Crippen LogP contribution in [0, 0.1) is 0 Å². The second-order valence-corrected chi connectivity index (χ2v) is 6.98. The number of furan rings is 1. The summed E-state index contributed by atoms with van der Waals surface area (Å²) in [6, 6.07) is 5.05. The van der Waals surface area contributed by atoms with Crippen LogP contribution in [0.2, 0.25) is 10.0 Å². The average Bonchev–Trinajstić information content (AvgIpc) is 3.24. The topological polar surface area (TPSA) is 86.0 Å². The number of nitrogens with zero attached hydrogens (tertiary/aromatic N) is 4. The smallest absolute Gasteiger partial charge is 0.289 e. The van der Waals surface area contributed by atoms with Crippen molar-refractivity contribution in [3.8, 4) is 0 Å². The molecule has 3 rings (SSSR count). The number of aromatic nitrogens is 1. The normalized spacial score (nSPS) is 14.4. The Morgan fingerprint density at radius 2 is 1.97 bits per heavy atom. The Balaban J connectivity index is 0.00000300. The van der Waals surface area contributed by atoms with E-state index in [1.165, 1.54) is 6.26 Å². The SMILES string of the molecule is CN=C(NCCNc1ncc(Cl)cc1Cl)N1CCN(C(=O)c2ccco2)CC1.I. The van der Waals surface area contributed by atoms with E-state index in [2.05, 4.69) is 25.5 Å². The maximum Gasteiger partial charge on any atom is 0.289 e. The number of hydrogen-bond acceptors (Lipinski definition) is 5. The van der Waals surface area contributed by atoms with Crippen LogP contribution in [0.25, 0.3) is 0 Å². The summed E-state index contributed by atoms with van der Waals surface area (Å²) in [5.41, 5.74) is 0. The second kappa shape index (κ2) is 11.5. The van der Waals surface area contributed by atoms with E-state index in [1.807, 2.05) is 0 Å². The molecule has 0 spiro atoms. The number of carbonyl (C=O) groups excluding carboxylic acids is 1. The summed E-state index contributed by atoms with van der Waals surface area (Å²) in [7, 11) is 1.74. The zero-order valence-electron chi connectivity index (χ0n) is 15.9. The molecule has 0 aliphatic carbocycles. The number of pyridine rings is 1. The molecule has 8 nitrogen and oxygen atoms in total. The van der Waals surface area contributed by atoms with Crippen LogP contribution < -0.4 is 10.6 Å². The third-order valence-electron chi connectivity index (χ3n) is 4.32. The van der Waals surface area contributed by atoms with Crippen molar-refractivity contribution in [2.45, 2.75) is 0 Å². The number of rotatable bonds is 5. The molecule has 158 valence electrons. The maximum absolute atomic E-state index is 12.3. The summed E-state index contributed by atoms with van der Waals surface area (Å²) in [6.07, 6.45) is 3.06. The van der Waals surface area contributed by atoms with Crippen molar-refractivity contribution in [2.24, 2.45) is 4.99 Å². The summed E-state index contributed by atoms with van der Waals surface area (Å²) < 4.78 is 5.19. The molecule has 2 N–H and O–H groups in total. The molecule has 1 aliphatic rings. The maximum atomic E-state index is 12.3. The number of anilines is 1. The van der Waals surface area contributed by atoms with Gasteiger partial charge >= 0.3 is 0 Å². The highest BCUT2D eigenvalue weighted by atomic mass is 127. The summed E-state index contributed by atoms with van der Waals surface area (Å²) >= 11 is 11.9. The quantitative estimate of drug-likeness (QED) is 0.257. The summed E-state index contributed by atoms with van der Waals surface area (Å²) in [5, 5.41) is 7.45. The zero-order valence-corrected chi connectivity index (χ0v) is 19.7. The molecular formula is C18H23Cl2IN6O2. The number of carbonyl (C=O) groups is 1. The van der Waals surface area contributed by atoms with Crippen molar-refractivity contribution < 1.29 is 9.21 Å². The lowest BCUT2D eigenvalue weighted by Gasteiger charge is -2.36. The standard InChI is InChI=1S/C18H22Cl2N6O2.HI/c1-21-18(23-5-4-22-16-14(20)11-13(19)12-24-16)26-8-6-25(7-9-26)17(27)15-3-2-10-28-15;/h2-3,10-12H,4-9H2,1H3,(H,21,23)(H,22,24);1H. The fourth-order valence-corrected chi connectivity index (χ4v) is 3.36. The van der Waals surface area contributed by atoms with Crippen LogP contribution >= 0.6 is 47.2 Å². The summed E-state index contributed by atoms with van der Waals surface area (Å²) in [4.78, 5) is 24.7. The molecule has 0 bridgehead atoms. The summed E-state index contributed by atoms with van der Waals surface area (Å²) in [5.74, 6) is 1.68. The van der Waals surface area contributed by atoms with Gasteiger partial charge in [-0.3, -0.25) is 9.79 Å². The van der Waals surface area contributed by atoms with Crippen LogP contribution in [0.4, 0.5) is 5.82 Å². The first kappa shape index (κ1) is 23.6. The molecule has 11 heteroatoms. The van der Waals surface area contributed by atoms with E-state index >= 15 is 0 Å². The van der Waals surface area contributed by atoms with E-state index in [-0.39, 0.29) is 29.9 Å². The first-order valence-electron chi connectivity index (χ1n) is 8.92. The van der Waals surface area contributed by atoms with E-state index in [9.17, 15) is 4.79 Å². The molecule has 0 atom stereocenters. The number of halogens is 3. The van der Waals surface area contributed by atoms with Gasteiger partial charge < -0.3 is 24.9 Å². The zero-order chi connectivity index (χ0) is 19.9. The third-order valence-corrected chi connectivity index (χ3v) is 4.81. The molecule has 0 radical (unpaired) electrons. The number of aliphatic imine (C=N–C) groups is 1. The van der Waals surface area contributed by atoms with Gasteiger partial charge in [0.2, 0.25) is 0 Å². The average molecular weight is 553 g/mol. The molecule has 2 aromatic rings. The van der Waals surface area contributed by atoms with Gasteiger partial charge in [0, 0.05) is 52.5 Å². The van der Waals surface area contributed by atoms with E-state index in [1.54, 1.807) is 36.3 Å². The van der Waals surface area contributed by atoms with Gasteiger partial charge in [0.05, 0.1) is 16.3 Å². The second-order valence-electron chi connectivity index (χ2n) is 6.14. The van der Waals surface area contributed by atoms with Crippen molar-refractivity contribution in [3.05, 3.63) is 46.5 Å². The molecular weight excluding hydrogens is 530 g/mol. The lowest BCUT2D eigenvalue weighted by molar-refractivity contribution is 0.0658. The molecule has 0 unspecified atom stereocenters. The number of amides is 1. The molecule has 1 aliphatic heterocycles. The van der Waals surface area contributed by atoms with Crippen LogP contribution in [-0.2, 0) is 0 Å². The fraction of sp³-hybridized carbons (Fsp3) is 0.389. The fourth-order valence-electron chi connectivity index (χ4n) is 2.91. The van der Waals surface area contributed by atoms with Crippen molar-refractivity contribution >= 4 is 64.9 Å². The Morgan fingerprint density at radius 3 is 2.59 bits per heavy atom. The Morgan fingerprint density at radius 1 is 1.24 bits per heavy atom. The first-order valence-corrected chi connectivity index (χ1v) is 9.67. The first-order chi connectivity index (χ1) is 13.6. The third kappa shape index (κ3) is 6.38. The molecule has 2 aromatic heterocycles. The highest BCUT2D eigenvalue weighted by Gasteiger charge is 2.25. The van der Waals surface area contributed by atoms with Crippen LogP contribution in [0.3, 0.4) is 0 Å². The summed E-state index contributed by atoms with van der Waals surface area (Å²) in [6.45, 7) is 3.88. The molecule has 1 amide bonds. The lowest BCUT2D eigenvalue weighted by atomic mass is 10.3. The number of hydrogen-bond donors (Lipinski definition) is 2. The van der Waals surface area contributed by atoms with E-state index in [0.717, 1.165) is 5.96 Å². The largest absolute Gasteiger partial charge is 0.459 e. The molecule has 1 saturated heterocycles. The van der Waals surface area contributed by atoms with Gasteiger partial charge in [-0.15, -0.1) is 24.0 Å². The van der Waals surface area contributed by atoms with E-state index < -0.39 is 0 Å². The van der Waals surface area contributed by atoms with Gasteiger partial charge in [-0.1, -0.05) is 23.2 Å². The lowest BCUT2D eigenvalue weighted by Crippen LogP contribution is -2.54. The monoisotopic (exact) mass is 552 g/mol. The van der Waals surface area contributed by atoms with Crippen LogP contribution in [0.15, 0.2) is 40.1 Å². The molecule has 3 heterocycles. The van der Waals surface area contributed by atoms with Crippen molar-refractivity contribution in [2.75, 3.05) is 51.6 Å². The van der Waals surface area contributed by atoms with E-state index in [4.69, 9.17) is 27.6 Å². The van der Waals surface area contributed by atoms with Crippen LogP contribution in [0.1, 0.15) is 10.6 Å². The Bertz CT molecular complexity index is 826. The van der Waals surface area contributed by atoms with Gasteiger partial charge in [-0.2, -0.15) is 0 Å². The van der Waals surface area contributed by atoms with Gasteiger partial charge in [0.1, 0.15) is 5.82 Å². The molecule has 0 saturated carbocycles. The molecule has 0 aromatic carbocycles. The number of piperazine rings is 1. The predicted molar refractivity (Wildman–Crippen MR) is 126 cm³/mol. The van der Waals surface area contributed by atoms with Gasteiger partial charge in [0.25, 0.3) is 5.91 Å². The molecule has 1 fully saturated rings. The Hall–Kier alpha value is -1.72. The highest BCUT2D eigenvalue weighted by molar-refractivity contribution is 14.0. The van der Waals surface area contributed by atoms with Crippen molar-refractivity contribution in [3.63, 3.8) is 0 Å². The van der Waals surface area contributed by atoms with Crippen LogP contribution in [-0.4, -0.2) is 73.0 Å². The minimum absolute atomic E-state index is 0. The van der Waals surface area contributed by atoms with Gasteiger partial charge in [-0.05, 0) is 18.2 Å². The minimum atomic E-state index is -0.0795. The van der Waals surface area contributed by atoms with Gasteiger partial charge in [0.15, 0.2) is 11.7 Å². The van der Waals surface area contributed by atoms with Crippen molar-refractivity contribution in [1.29, 1.82) is 0 Å². The van der Waals surface area contributed by atoms with E-state index in [0.29, 0.717) is 60.9 Å². The Labute approximate surface area is 196 Å².